The van der Waals surface area contributed by atoms with Crippen LogP contribution in [0.2, 0.25) is 0 Å². The third-order valence-corrected chi connectivity index (χ3v) is 3.88. The highest BCUT2D eigenvalue weighted by molar-refractivity contribution is 7.09. The Labute approximate surface area is 112 Å². The molecule has 0 spiro atoms. The van der Waals surface area contributed by atoms with Gasteiger partial charge in [-0.1, -0.05) is 20.8 Å². The van der Waals surface area contributed by atoms with E-state index in [9.17, 15) is 0 Å². The van der Waals surface area contributed by atoms with Gasteiger partial charge in [-0.3, -0.25) is 0 Å². The monoisotopic (exact) mass is 264 g/mol. The average Bonchev–Trinajstić information content (AvgIpc) is 2.85. The fraction of sp³-hybridized carbons (Fsp3) is 0.500. The Bertz CT molecular complexity index is 522. The van der Waals surface area contributed by atoms with Crippen molar-refractivity contribution < 1.29 is 4.42 Å². The number of nitrogens with two attached hydrogens (primary N) is 1. The molecular formula is C14H20N2OS. The predicted molar refractivity (Wildman–Crippen MR) is 74.9 cm³/mol. The summed E-state index contributed by atoms with van der Waals surface area (Å²) in [5, 5.41) is 3.22. The van der Waals surface area contributed by atoms with Crippen molar-refractivity contribution in [2.24, 2.45) is 5.73 Å². The van der Waals surface area contributed by atoms with Crippen molar-refractivity contribution in [2.75, 3.05) is 0 Å². The van der Waals surface area contributed by atoms with Gasteiger partial charge in [-0.15, -0.1) is 11.3 Å². The van der Waals surface area contributed by atoms with Crippen molar-refractivity contribution in [1.29, 1.82) is 0 Å². The van der Waals surface area contributed by atoms with Gasteiger partial charge < -0.3 is 10.2 Å². The fourth-order valence-electron chi connectivity index (χ4n) is 1.83. The Hall–Kier alpha value is -1.13. The Morgan fingerprint density at radius 1 is 1.44 bits per heavy atom. The van der Waals surface area contributed by atoms with Crippen LogP contribution < -0.4 is 5.73 Å². The van der Waals surface area contributed by atoms with Crippen LogP contribution >= 0.6 is 11.3 Å². The highest BCUT2D eigenvalue weighted by atomic mass is 32.1. The fourth-order valence-corrected chi connectivity index (χ4v) is 2.91. The van der Waals surface area contributed by atoms with Crippen molar-refractivity contribution in [1.82, 2.24) is 4.98 Å². The van der Waals surface area contributed by atoms with E-state index < -0.39 is 0 Å². The van der Waals surface area contributed by atoms with Gasteiger partial charge in [-0.05, 0) is 13.0 Å². The SMILES string of the molecule is Cc1occc1C(N)Cc1nc(C(C)(C)C)cs1. The van der Waals surface area contributed by atoms with Gasteiger partial charge in [0, 0.05) is 28.8 Å². The maximum absolute atomic E-state index is 6.20. The van der Waals surface area contributed by atoms with Crippen molar-refractivity contribution in [3.05, 3.63) is 39.7 Å². The van der Waals surface area contributed by atoms with Gasteiger partial charge in [0.15, 0.2) is 0 Å². The zero-order chi connectivity index (χ0) is 13.3. The molecular weight excluding hydrogens is 244 g/mol. The lowest BCUT2D eigenvalue weighted by molar-refractivity contribution is 0.523. The summed E-state index contributed by atoms with van der Waals surface area (Å²) in [7, 11) is 0. The first-order valence-corrected chi connectivity index (χ1v) is 7.00. The van der Waals surface area contributed by atoms with Crippen LogP contribution in [0.3, 0.4) is 0 Å². The summed E-state index contributed by atoms with van der Waals surface area (Å²) in [4.78, 5) is 4.67. The molecule has 4 heteroatoms. The molecule has 0 aromatic carbocycles. The number of furan rings is 1. The van der Waals surface area contributed by atoms with Gasteiger partial charge in [-0.2, -0.15) is 0 Å². The molecule has 0 bridgehead atoms. The van der Waals surface area contributed by atoms with E-state index in [1.165, 1.54) is 0 Å². The van der Waals surface area contributed by atoms with E-state index >= 15 is 0 Å². The molecule has 2 aromatic heterocycles. The second-order valence-electron chi connectivity index (χ2n) is 5.62. The lowest BCUT2D eigenvalue weighted by Gasteiger charge is -2.14. The summed E-state index contributed by atoms with van der Waals surface area (Å²) in [6.07, 6.45) is 2.45. The third kappa shape index (κ3) is 2.82. The molecule has 18 heavy (non-hydrogen) atoms. The third-order valence-electron chi connectivity index (χ3n) is 3.01. The van der Waals surface area contributed by atoms with Crippen LogP contribution in [0.1, 0.15) is 48.8 Å². The van der Waals surface area contributed by atoms with Crippen LogP contribution in [-0.2, 0) is 11.8 Å². The molecule has 2 heterocycles. The second kappa shape index (κ2) is 4.86. The Kier molecular flexibility index (Phi) is 3.59. The minimum atomic E-state index is -0.0391. The van der Waals surface area contributed by atoms with Gasteiger partial charge >= 0.3 is 0 Å². The zero-order valence-electron chi connectivity index (χ0n) is 11.4. The number of rotatable bonds is 3. The molecule has 0 saturated heterocycles. The minimum Gasteiger partial charge on any atom is -0.469 e. The average molecular weight is 264 g/mol. The normalized spacial score (nSPS) is 13.8. The zero-order valence-corrected chi connectivity index (χ0v) is 12.2. The number of hydrogen-bond donors (Lipinski definition) is 1. The molecule has 0 fully saturated rings. The van der Waals surface area contributed by atoms with Gasteiger partial charge in [0.05, 0.1) is 17.0 Å². The second-order valence-corrected chi connectivity index (χ2v) is 6.56. The summed E-state index contributed by atoms with van der Waals surface area (Å²) in [5.41, 5.74) is 8.51. The van der Waals surface area contributed by atoms with E-state index in [0.717, 1.165) is 28.4 Å². The number of nitrogens with zero attached hydrogens (tertiary/aromatic N) is 1. The quantitative estimate of drug-likeness (QED) is 0.921. The summed E-state index contributed by atoms with van der Waals surface area (Å²) in [6.45, 7) is 8.46. The molecule has 3 nitrogen and oxygen atoms in total. The van der Waals surface area contributed by atoms with Crippen LogP contribution in [0, 0.1) is 6.92 Å². The molecule has 0 saturated carbocycles. The summed E-state index contributed by atoms with van der Waals surface area (Å²) in [5.74, 6) is 0.898. The first kappa shape index (κ1) is 13.3. The Morgan fingerprint density at radius 2 is 2.17 bits per heavy atom. The topological polar surface area (TPSA) is 52.0 Å². The van der Waals surface area contributed by atoms with Crippen LogP contribution in [0.25, 0.3) is 0 Å². The standard InChI is InChI=1S/C14H20N2OS/c1-9-10(5-6-17-9)11(15)7-13-16-12(8-18-13)14(2,3)4/h5-6,8,11H,7,15H2,1-4H3. The van der Waals surface area contributed by atoms with Crippen LogP contribution in [0.5, 0.6) is 0 Å². The van der Waals surface area contributed by atoms with Crippen molar-refractivity contribution in [3.63, 3.8) is 0 Å². The molecule has 0 aliphatic heterocycles. The molecule has 0 amide bonds. The molecule has 2 aromatic rings. The van der Waals surface area contributed by atoms with Gasteiger partial charge in [0.2, 0.25) is 0 Å². The first-order valence-electron chi connectivity index (χ1n) is 6.12. The molecule has 2 rings (SSSR count). The van der Waals surface area contributed by atoms with E-state index in [2.05, 4.69) is 31.1 Å². The largest absolute Gasteiger partial charge is 0.469 e. The molecule has 1 unspecified atom stereocenters. The van der Waals surface area contributed by atoms with Crippen LogP contribution in [0.4, 0.5) is 0 Å². The Balaban J connectivity index is 2.11. The number of aromatic nitrogens is 1. The smallest absolute Gasteiger partial charge is 0.105 e. The molecule has 98 valence electrons. The maximum Gasteiger partial charge on any atom is 0.105 e. The highest BCUT2D eigenvalue weighted by Gasteiger charge is 2.19. The van der Waals surface area contributed by atoms with E-state index in [1.54, 1.807) is 17.6 Å². The van der Waals surface area contributed by atoms with Crippen LogP contribution in [0.15, 0.2) is 22.1 Å². The lowest BCUT2D eigenvalue weighted by Crippen LogP contribution is -2.15. The first-order chi connectivity index (χ1) is 8.38. The molecule has 0 radical (unpaired) electrons. The molecule has 2 N–H and O–H groups in total. The van der Waals surface area contributed by atoms with Crippen LogP contribution in [-0.4, -0.2) is 4.98 Å². The van der Waals surface area contributed by atoms with Crippen molar-refractivity contribution in [2.45, 2.75) is 45.6 Å². The van der Waals surface area contributed by atoms with Gasteiger partial charge in [0.1, 0.15) is 5.76 Å². The Morgan fingerprint density at radius 3 is 2.67 bits per heavy atom. The van der Waals surface area contributed by atoms with Gasteiger partial charge in [-0.25, -0.2) is 4.98 Å². The van der Waals surface area contributed by atoms with E-state index in [0.29, 0.717) is 0 Å². The molecule has 0 aliphatic rings. The maximum atomic E-state index is 6.20. The van der Waals surface area contributed by atoms with Crippen molar-refractivity contribution in [3.8, 4) is 0 Å². The highest BCUT2D eigenvalue weighted by Crippen LogP contribution is 2.27. The number of aryl methyl sites for hydroxylation is 1. The minimum absolute atomic E-state index is 0.0391. The lowest BCUT2D eigenvalue weighted by atomic mass is 9.93. The summed E-state index contributed by atoms with van der Waals surface area (Å²) >= 11 is 1.69. The number of hydrogen-bond acceptors (Lipinski definition) is 4. The molecule has 1 atom stereocenters. The van der Waals surface area contributed by atoms with E-state index in [1.807, 2.05) is 13.0 Å². The van der Waals surface area contributed by atoms with E-state index in [4.69, 9.17) is 10.2 Å². The number of thiazole rings is 1. The van der Waals surface area contributed by atoms with E-state index in [-0.39, 0.29) is 11.5 Å². The summed E-state index contributed by atoms with van der Waals surface area (Å²) < 4.78 is 5.29. The van der Waals surface area contributed by atoms with Crippen molar-refractivity contribution >= 4 is 11.3 Å². The summed E-state index contributed by atoms with van der Waals surface area (Å²) in [6, 6.07) is 1.90. The molecule has 0 aliphatic carbocycles. The predicted octanol–water partition coefficient (Wildman–Crippen LogP) is 3.58. The van der Waals surface area contributed by atoms with Gasteiger partial charge in [0.25, 0.3) is 0 Å².